The molecule has 1 atom stereocenters. The molecule has 0 spiro atoms. The maximum atomic E-state index is 5.74. The Kier molecular flexibility index (Phi) is 6.33. The lowest BCUT2D eigenvalue weighted by atomic mass is 10.1. The molecule has 1 fully saturated rings. The van der Waals surface area contributed by atoms with Gasteiger partial charge in [-0.1, -0.05) is 19.9 Å². The number of hydrogen-bond donors (Lipinski definition) is 1. The van der Waals surface area contributed by atoms with Crippen molar-refractivity contribution in [1.82, 2.24) is 5.32 Å². The predicted molar refractivity (Wildman–Crippen MR) is 88.4 cm³/mol. The van der Waals surface area contributed by atoms with E-state index in [1.54, 1.807) is 0 Å². The molecule has 4 heteroatoms. The van der Waals surface area contributed by atoms with Crippen molar-refractivity contribution in [1.29, 1.82) is 0 Å². The summed E-state index contributed by atoms with van der Waals surface area (Å²) in [6.07, 6.45) is 2.61. The number of benzene rings is 1. The Balaban J connectivity index is 2.01. The van der Waals surface area contributed by atoms with Crippen LogP contribution in [0.15, 0.2) is 22.7 Å². The van der Waals surface area contributed by atoms with Gasteiger partial charge in [-0.3, -0.25) is 0 Å². The Bertz CT molecular complexity index is 425. The van der Waals surface area contributed by atoms with Crippen LogP contribution in [0.3, 0.4) is 0 Å². The Hall–Kier alpha value is -0.580. The predicted octanol–water partition coefficient (Wildman–Crippen LogP) is 3.56. The van der Waals surface area contributed by atoms with E-state index in [1.807, 2.05) is 0 Å². The highest BCUT2D eigenvalue weighted by molar-refractivity contribution is 9.10. The highest BCUT2D eigenvalue weighted by Gasteiger charge is 2.20. The van der Waals surface area contributed by atoms with Crippen LogP contribution in [0.2, 0.25) is 0 Å². The molecule has 20 heavy (non-hydrogen) atoms. The topological polar surface area (TPSA) is 24.5 Å². The summed E-state index contributed by atoms with van der Waals surface area (Å²) in [5.41, 5.74) is 2.61. The van der Waals surface area contributed by atoms with E-state index in [0.29, 0.717) is 6.10 Å². The molecule has 3 nitrogen and oxygen atoms in total. The minimum absolute atomic E-state index is 0.363. The van der Waals surface area contributed by atoms with E-state index < -0.39 is 0 Å². The molecule has 1 heterocycles. The second-order valence-electron chi connectivity index (χ2n) is 5.31. The van der Waals surface area contributed by atoms with Gasteiger partial charge in [-0.2, -0.15) is 0 Å². The van der Waals surface area contributed by atoms with Crippen molar-refractivity contribution >= 4 is 21.6 Å². The van der Waals surface area contributed by atoms with Crippen molar-refractivity contribution in [2.75, 3.05) is 31.1 Å². The van der Waals surface area contributed by atoms with Crippen LogP contribution in [0.1, 0.15) is 32.3 Å². The molecule has 0 saturated carbocycles. The summed E-state index contributed by atoms with van der Waals surface area (Å²) < 4.78 is 6.93. The molecule has 1 N–H and O–H groups in total. The van der Waals surface area contributed by atoms with Crippen molar-refractivity contribution in [2.24, 2.45) is 0 Å². The maximum Gasteiger partial charge on any atom is 0.0748 e. The SMILES string of the molecule is CCCNCc1ccc(N2CCOC(CC)C2)c(Br)c1. The van der Waals surface area contributed by atoms with Crippen LogP contribution in [0.4, 0.5) is 5.69 Å². The molecule has 2 rings (SSSR count). The summed E-state index contributed by atoms with van der Waals surface area (Å²) in [5.74, 6) is 0. The lowest BCUT2D eigenvalue weighted by molar-refractivity contribution is 0.0384. The van der Waals surface area contributed by atoms with Crippen LogP contribution in [-0.2, 0) is 11.3 Å². The summed E-state index contributed by atoms with van der Waals surface area (Å²) in [6, 6.07) is 6.68. The fourth-order valence-corrected chi connectivity index (χ4v) is 3.19. The molecule has 1 aromatic carbocycles. The molecule has 0 radical (unpaired) electrons. The van der Waals surface area contributed by atoms with E-state index in [0.717, 1.165) is 39.2 Å². The van der Waals surface area contributed by atoms with Crippen molar-refractivity contribution in [3.8, 4) is 0 Å². The fraction of sp³-hybridized carbons (Fsp3) is 0.625. The Morgan fingerprint density at radius 3 is 2.95 bits per heavy atom. The highest BCUT2D eigenvalue weighted by atomic mass is 79.9. The first-order valence-electron chi connectivity index (χ1n) is 7.60. The first kappa shape index (κ1) is 15.8. The van der Waals surface area contributed by atoms with E-state index in [9.17, 15) is 0 Å². The Morgan fingerprint density at radius 2 is 2.25 bits per heavy atom. The van der Waals surface area contributed by atoms with Crippen molar-refractivity contribution in [3.63, 3.8) is 0 Å². The normalized spacial score (nSPS) is 19.4. The number of anilines is 1. The van der Waals surface area contributed by atoms with Gasteiger partial charge in [-0.05, 0) is 53.0 Å². The maximum absolute atomic E-state index is 5.74. The highest BCUT2D eigenvalue weighted by Crippen LogP contribution is 2.29. The van der Waals surface area contributed by atoms with Gasteiger partial charge < -0.3 is 15.0 Å². The second-order valence-corrected chi connectivity index (χ2v) is 6.16. The lowest BCUT2D eigenvalue weighted by Gasteiger charge is -2.34. The van der Waals surface area contributed by atoms with Crippen LogP contribution in [0, 0.1) is 0 Å². The Labute approximate surface area is 130 Å². The van der Waals surface area contributed by atoms with Gasteiger partial charge in [0, 0.05) is 24.1 Å². The first-order chi connectivity index (χ1) is 9.74. The van der Waals surface area contributed by atoms with Gasteiger partial charge in [0.1, 0.15) is 0 Å². The molecule has 0 aromatic heterocycles. The van der Waals surface area contributed by atoms with Crippen molar-refractivity contribution in [3.05, 3.63) is 28.2 Å². The van der Waals surface area contributed by atoms with E-state index in [-0.39, 0.29) is 0 Å². The minimum Gasteiger partial charge on any atom is -0.375 e. The van der Waals surface area contributed by atoms with Gasteiger partial charge >= 0.3 is 0 Å². The standard InChI is InChI=1S/C16H25BrN2O/c1-3-7-18-11-13-5-6-16(15(17)10-13)19-8-9-20-14(4-2)12-19/h5-6,10,14,18H,3-4,7-9,11-12H2,1-2H3. The van der Waals surface area contributed by atoms with E-state index in [1.165, 1.54) is 22.1 Å². The van der Waals surface area contributed by atoms with Crippen LogP contribution in [-0.4, -0.2) is 32.3 Å². The van der Waals surface area contributed by atoms with E-state index in [4.69, 9.17) is 4.74 Å². The molecule has 1 saturated heterocycles. The third-order valence-corrected chi connectivity index (χ3v) is 4.34. The summed E-state index contributed by atoms with van der Waals surface area (Å²) >= 11 is 3.72. The second kappa shape index (κ2) is 8.01. The number of rotatable bonds is 6. The summed E-state index contributed by atoms with van der Waals surface area (Å²) in [5, 5.41) is 3.44. The zero-order valence-corrected chi connectivity index (χ0v) is 14.1. The average Bonchev–Trinajstić information content (AvgIpc) is 2.48. The van der Waals surface area contributed by atoms with E-state index in [2.05, 4.69) is 58.2 Å². The van der Waals surface area contributed by atoms with Gasteiger partial charge in [-0.15, -0.1) is 0 Å². The molecule has 1 aromatic rings. The van der Waals surface area contributed by atoms with Gasteiger partial charge in [-0.25, -0.2) is 0 Å². The van der Waals surface area contributed by atoms with Crippen LogP contribution in [0.25, 0.3) is 0 Å². The zero-order valence-electron chi connectivity index (χ0n) is 12.5. The van der Waals surface area contributed by atoms with Crippen LogP contribution < -0.4 is 10.2 Å². The minimum atomic E-state index is 0.363. The molecule has 1 aliphatic heterocycles. The van der Waals surface area contributed by atoms with Crippen LogP contribution >= 0.6 is 15.9 Å². The van der Waals surface area contributed by atoms with Gasteiger partial charge in [0.2, 0.25) is 0 Å². The number of nitrogens with one attached hydrogen (secondary N) is 1. The molecule has 1 unspecified atom stereocenters. The lowest BCUT2D eigenvalue weighted by Crippen LogP contribution is -2.42. The summed E-state index contributed by atoms with van der Waals surface area (Å²) in [7, 11) is 0. The Morgan fingerprint density at radius 1 is 1.40 bits per heavy atom. The molecular formula is C16H25BrN2O. The molecule has 0 bridgehead atoms. The molecule has 1 aliphatic rings. The van der Waals surface area contributed by atoms with Gasteiger partial charge in [0.05, 0.1) is 18.4 Å². The third kappa shape index (κ3) is 4.21. The van der Waals surface area contributed by atoms with Gasteiger partial charge in [0.25, 0.3) is 0 Å². The summed E-state index contributed by atoms with van der Waals surface area (Å²) in [6.45, 7) is 9.17. The van der Waals surface area contributed by atoms with Gasteiger partial charge in [0.15, 0.2) is 0 Å². The quantitative estimate of drug-likeness (QED) is 0.801. The third-order valence-electron chi connectivity index (χ3n) is 3.70. The van der Waals surface area contributed by atoms with E-state index >= 15 is 0 Å². The number of hydrogen-bond acceptors (Lipinski definition) is 3. The smallest absolute Gasteiger partial charge is 0.0748 e. The average molecular weight is 341 g/mol. The molecule has 0 aliphatic carbocycles. The van der Waals surface area contributed by atoms with Crippen LogP contribution in [0.5, 0.6) is 0 Å². The molecular weight excluding hydrogens is 316 g/mol. The first-order valence-corrected chi connectivity index (χ1v) is 8.39. The number of halogens is 1. The van der Waals surface area contributed by atoms with Crippen molar-refractivity contribution in [2.45, 2.75) is 39.3 Å². The monoisotopic (exact) mass is 340 g/mol. The zero-order chi connectivity index (χ0) is 14.4. The number of morpholine rings is 1. The summed E-state index contributed by atoms with van der Waals surface area (Å²) in [4.78, 5) is 2.42. The fourth-order valence-electron chi connectivity index (χ4n) is 2.51. The number of nitrogens with zero attached hydrogens (tertiary/aromatic N) is 1. The molecule has 112 valence electrons. The largest absolute Gasteiger partial charge is 0.375 e. The number of ether oxygens (including phenoxy) is 1. The molecule has 0 amide bonds. The van der Waals surface area contributed by atoms with Crippen molar-refractivity contribution < 1.29 is 4.74 Å².